The van der Waals surface area contributed by atoms with Crippen LogP contribution in [-0.4, -0.2) is 39.5 Å². The van der Waals surface area contributed by atoms with E-state index in [1.54, 1.807) is 0 Å². The maximum atomic E-state index is 12.9. The molecule has 1 unspecified atom stereocenters. The second-order valence-electron chi connectivity index (χ2n) is 6.13. The number of allylic oxidation sites excluding steroid dienone is 2. The van der Waals surface area contributed by atoms with Crippen LogP contribution in [0, 0.1) is 0 Å². The summed E-state index contributed by atoms with van der Waals surface area (Å²) in [4.78, 5) is 52.2. The number of likely N-dealkylation sites (tertiary alicyclic amines) is 2. The third-order valence-corrected chi connectivity index (χ3v) is 4.51. The molecule has 26 heavy (non-hydrogen) atoms. The lowest BCUT2D eigenvalue weighted by atomic mass is 10.0. The molecule has 0 bridgehead atoms. The third-order valence-electron chi connectivity index (χ3n) is 4.51. The predicted octanol–water partition coefficient (Wildman–Crippen LogP) is 1.74. The number of carbonyl (C=O) groups excluding carboxylic acids is 4. The number of carbonyl (C=O) groups is 4. The van der Waals surface area contributed by atoms with Crippen molar-refractivity contribution in [3.8, 4) is 0 Å². The first-order valence-corrected chi connectivity index (χ1v) is 8.23. The van der Waals surface area contributed by atoms with E-state index in [2.05, 4.69) is 13.2 Å². The summed E-state index contributed by atoms with van der Waals surface area (Å²) < 4.78 is 0. The van der Waals surface area contributed by atoms with Crippen molar-refractivity contribution in [2.24, 2.45) is 0 Å². The molecule has 2 aliphatic rings. The summed E-state index contributed by atoms with van der Waals surface area (Å²) in [5.74, 6) is -2.03. The first-order chi connectivity index (χ1) is 12.5. The van der Waals surface area contributed by atoms with Crippen LogP contribution < -0.4 is 0 Å². The van der Waals surface area contributed by atoms with Gasteiger partial charge < -0.3 is 0 Å². The lowest BCUT2D eigenvalue weighted by Crippen LogP contribution is -2.55. The van der Waals surface area contributed by atoms with Crippen molar-refractivity contribution >= 4 is 23.6 Å². The highest BCUT2D eigenvalue weighted by Crippen LogP contribution is 2.30. The molecule has 1 aromatic carbocycles. The fourth-order valence-electron chi connectivity index (χ4n) is 3.18. The van der Waals surface area contributed by atoms with Crippen molar-refractivity contribution in [2.45, 2.75) is 25.4 Å². The minimum Gasteiger partial charge on any atom is -0.276 e. The second kappa shape index (κ2) is 6.92. The maximum absolute atomic E-state index is 12.9. The largest absolute Gasteiger partial charge is 0.276 e. The zero-order valence-corrected chi connectivity index (χ0v) is 14.2. The van der Waals surface area contributed by atoms with E-state index in [1.807, 2.05) is 30.3 Å². The van der Waals surface area contributed by atoms with Crippen LogP contribution in [-0.2, 0) is 25.7 Å². The summed E-state index contributed by atoms with van der Waals surface area (Å²) in [5, 5.41) is 0. The minimum absolute atomic E-state index is 0.0363. The molecule has 2 saturated heterocycles. The molecular weight excluding hydrogens is 332 g/mol. The maximum Gasteiger partial charge on any atom is 0.262 e. The van der Waals surface area contributed by atoms with Crippen molar-refractivity contribution in [3.63, 3.8) is 0 Å². The Morgan fingerprint density at radius 2 is 1.77 bits per heavy atom. The molecule has 6 nitrogen and oxygen atoms in total. The number of amides is 4. The summed E-state index contributed by atoms with van der Waals surface area (Å²) in [6.07, 6.45) is 3.01. The Morgan fingerprint density at radius 1 is 1.08 bits per heavy atom. The smallest absolute Gasteiger partial charge is 0.262 e. The van der Waals surface area contributed by atoms with Crippen LogP contribution in [0.3, 0.4) is 0 Å². The lowest BCUT2D eigenvalue weighted by molar-refractivity contribution is -0.159. The van der Waals surface area contributed by atoms with Crippen LogP contribution in [0.15, 0.2) is 66.8 Å². The van der Waals surface area contributed by atoms with Crippen LogP contribution >= 0.6 is 0 Å². The minimum atomic E-state index is -0.996. The van der Waals surface area contributed by atoms with Gasteiger partial charge in [0.25, 0.3) is 17.7 Å². The Bertz CT molecular complexity index is 854. The molecule has 1 aromatic rings. The topological polar surface area (TPSA) is 74.8 Å². The average Bonchev–Trinajstić information content (AvgIpc) is 2.84. The standard InChI is InChI=1S/C20H18N2O4/c1-3-7-15-13(2)18(24)22(19(15)25)16-10-11-17(23)21(20(16)26)12-14-8-5-4-6-9-14/h3-9,16H,1-2,10-12H2/b15-7+. The summed E-state index contributed by atoms with van der Waals surface area (Å²) in [6.45, 7) is 7.27. The Kier molecular flexibility index (Phi) is 4.67. The van der Waals surface area contributed by atoms with E-state index in [-0.39, 0.29) is 36.4 Å². The van der Waals surface area contributed by atoms with E-state index >= 15 is 0 Å². The van der Waals surface area contributed by atoms with Gasteiger partial charge in [0.15, 0.2) is 0 Å². The normalized spacial score (nSPS) is 22.5. The molecule has 2 aliphatic heterocycles. The van der Waals surface area contributed by atoms with Gasteiger partial charge in [-0.2, -0.15) is 0 Å². The zero-order chi connectivity index (χ0) is 18.8. The molecule has 3 rings (SSSR count). The van der Waals surface area contributed by atoms with Crippen molar-refractivity contribution in [1.29, 1.82) is 0 Å². The number of piperidine rings is 1. The Hall–Kier alpha value is -3.28. The van der Waals surface area contributed by atoms with Crippen LogP contribution in [0.5, 0.6) is 0 Å². The van der Waals surface area contributed by atoms with Gasteiger partial charge in [-0.15, -0.1) is 0 Å². The van der Waals surface area contributed by atoms with Gasteiger partial charge in [-0.25, -0.2) is 0 Å². The van der Waals surface area contributed by atoms with Gasteiger partial charge in [0.1, 0.15) is 6.04 Å². The van der Waals surface area contributed by atoms with Crippen molar-refractivity contribution in [2.75, 3.05) is 0 Å². The number of benzene rings is 1. The highest BCUT2D eigenvalue weighted by atomic mass is 16.2. The molecule has 2 heterocycles. The van der Waals surface area contributed by atoms with Gasteiger partial charge in [-0.3, -0.25) is 29.0 Å². The van der Waals surface area contributed by atoms with Crippen LogP contribution in [0.25, 0.3) is 0 Å². The summed E-state index contributed by atoms with van der Waals surface area (Å²) >= 11 is 0. The molecule has 1 atom stereocenters. The van der Waals surface area contributed by atoms with Gasteiger partial charge in [0.2, 0.25) is 5.91 Å². The van der Waals surface area contributed by atoms with E-state index in [9.17, 15) is 19.2 Å². The molecule has 0 spiro atoms. The highest BCUT2D eigenvalue weighted by molar-refractivity contribution is 6.26. The van der Waals surface area contributed by atoms with E-state index in [0.29, 0.717) is 0 Å². The number of nitrogens with zero attached hydrogens (tertiary/aromatic N) is 2. The SMILES string of the molecule is C=C/C=C1\C(=C)C(=O)N(C2CCC(=O)N(Cc3ccccc3)C2=O)C1=O. The summed E-state index contributed by atoms with van der Waals surface area (Å²) in [6, 6.07) is 8.09. The van der Waals surface area contributed by atoms with Gasteiger partial charge in [-0.1, -0.05) is 49.6 Å². The molecule has 0 aromatic heterocycles. The number of imide groups is 2. The van der Waals surface area contributed by atoms with Gasteiger partial charge in [-0.05, 0) is 18.1 Å². The molecule has 4 amide bonds. The van der Waals surface area contributed by atoms with E-state index in [1.165, 1.54) is 12.2 Å². The van der Waals surface area contributed by atoms with E-state index < -0.39 is 23.8 Å². The van der Waals surface area contributed by atoms with Crippen LogP contribution in [0.2, 0.25) is 0 Å². The lowest BCUT2D eigenvalue weighted by Gasteiger charge is -2.34. The molecular formula is C20H18N2O4. The first-order valence-electron chi connectivity index (χ1n) is 8.23. The zero-order valence-electron chi connectivity index (χ0n) is 14.2. The number of rotatable bonds is 4. The van der Waals surface area contributed by atoms with Crippen molar-refractivity contribution in [3.05, 3.63) is 72.4 Å². The molecule has 2 fully saturated rings. The fourth-order valence-corrected chi connectivity index (χ4v) is 3.18. The van der Waals surface area contributed by atoms with Gasteiger partial charge >= 0.3 is 0 Å². The second-order valence-corrected chi connectivity index (χ2v) is 6.13. The van der Waals surface area contributed by atoms with Gasteiger partial charge in [0.05, 0.1) is 12.1 Å². The number of hydrogen-bond donors (Lipinski definition) is 0. The molecule has 0 N–H and O–H groups in total. The predicted molar refractivity (Wildman–Crippen MR) is 94.3 cm³/mol. The van der Waals surface area contributed by atoms with Crippen LogP contribution in [0.1, 0.15) is 18.4 Å². The highest BCUT2D eigenvalue weighted by Gasteiger charge is 2.47. The van der Waals surface area contributed by atoms with Crippen LogP contribution in [0.4, 0.5) is 0 Å². The average molecular weight is 350 g/mol. The monoisotopic (exact) mass is 350 g/mol. The number of hydrogen-bond acceptors (Lipinski definition) is 4. The molecule has 0 aliphatic carbocycles. The van der Waals surface area contributed by atoms with Gasteiger partial charge in [0, 0.05) is 12.0 Å². The molecule has 6 heteroatoms. The molecule has 0 saturated carbocycles. The van der Waals surface area contributed by atoms with Crippen molar-refractivity contribution in [1.82, 2.24) is 9.80 Å². The molecule has 132 valence electrons. The summed E-state index contributed by atoms with van der Waals surface area (Å²) in [7, 11) is 0. The Morgan fingerprint density at radius 3 is 2.42 bits per heavy atom. The molecule has 0 radical (unpaired) electrons. The summed E-state index contributed by atoms with van der Waals surface area (Å²) in [5.41, 5.74) is 0.962. The van der Waals surface area contributed by atoms with Crippen molar-refractivity contribution < 1.29 is 19.2 Å². The quantitative estimate of drug-likeness (QED) is 0.612. The Labute approximate surface area is 151 Å². The first kappa shape index (κ1) is 17.5. The van der Waals surface area contributed by atoms with E-state index in [0.717, 1.165) is 15.4 Å². The fraction of sp³-hybridized carbons (Fsp3) is 0.200. The Balaban J connectivity index is 1.88. The third kappa shape index (κ3) is 2.90. The van der Waals surface area contributed by atoms with E-state index in [4.69, 9.17) is 0 Å².